The minimum Gasteiger partial charge on any atom is -0.485 e. The number of benzene rings is 4. The highest BCUT2D eigenvalue weighted by atomic mass is 16.5. The Morgan fingerprint density at radius 1 is 0.725 bits per heavy atom. The zero-order valence-corrected chi connectivity index (χ0v) is 21.7. The third kappa shape index (κ3) is 6.63. The van der Waals surface area contributed by atoms with Gasteiger partial charge in [0.05, 0.1) is 11.1 Å². The van der Waals surface area contributed by atoms with E-state index in [1.807, 2.05) is 72.8 Å². The Balaban J connectivity index is 1.35. The van der Waals surface area contributed by atoms with E-state index in [9.17, 15) is 14.7 Å². The van der Waals surface area contributed by atoms with Crippen LogP contribution in [0.5, 0.6) is 11.5 Å². The monoisotopic (exact) mass is 532 g/mol. The number of aliphatic carboxylic acids is 1. The van der Waals surface area contributed by atoms with Gasteiger partial charge < -0.3 is 19.9 Å². The number of ether oxygens (including phenoxy) is 2. The Morgan fingerprint density at radius 3 is 2.02 bits per heavy atom. The molecule has 0 spiro atoms. The van der Waals surface area contributed by atoms with Gasteiger partial charge >= 0.3 is 5.97 Å². The fourth-order valence-electron chi connectivity index (χ4n) is 4.35. The highest BCUT2D eigenvalue weighted by molar-refractivity contribution is 6.07. The van der Waals surface area contributed by atoms with E-state index in [-0.39, 0.29) is 6.42 Å². The fraction of sp³-hybridized carbons (Fsp3) is 0.121. The lowest BCUT2D eigenvalue weighted by atomic mass is 10.0. The van der Waals surface area contributed by atoms with E-state index < -0.39 is 17.9 Å². The molecule has 1 atom stereocenters. The predicted molar refractivity (Wildman–Crippen MR) is 152 cm³/mol. The third-order valence-electron chi connectivity index (χ3n) is 6.42. The zero-order valence-electron chi connectivity index (χ0n) is 21.7. The molecule has 0 radical (unpaired) electrons. The van der Waals surface area contributed by atoms with Crippen LogP contribution in [-0.4, -0.2) is 28.0 Å². The van der Waals surface area contributed by atoms with Crippen LogP contribution in [0.15, 0.2) is 115 Å². The second-order valence-corrected chi connectivity index (χ2v) is 9.27. The number of fused-ring (bicyclic) bond motifs is 1. The van der Waals surface area contributed by atoms with Gasteiger partial charge in [-0.3, -0.25) is 9.78 Å². The summed E-state index contributed by atoms with van der Waals surface area (Å²) in [6, 6.07) is 32.6. The molecule has 5 rings (SSSR count). The number of amides is 1. The predicted octanol–water partition coefficient (Wildman–Crippen LogP) is 5.82. The molecule has 1 aromatic heterocycles. The van der Waals surface area contributed by atoms with E-state index >= 15 is 0 Å². The Labute approximate surface area is 232 Å². The van der Waals surface area contributed by atoms with Crippen LogP contribution < -0.4 is 14.8 Å². The van der Waals surface area contributed by atoms with Crippen molar-refractivity contribution < 1.29 is 24.2 Å². The summed E-state index contributed by atoms with van der Waals surface area (Å²) in [7, 11) is 0. The van der Waals surface area contributed by atoms with Gasteiger partial charge in [0.1, 0.15) is 19.3 Å². The van der Waals surface area contributed by atoms with E-state index in [0.717, 1.165) is 11.1 Å². The Kier molecular flexibility index (Phi) is 8.32. The molecule has 7 nitrogen and oxygen atoms in total. The normalized spacial score (nSPS) is 11.5. The molecule has 0 fully saturated rings. The first kappa shape index (κ1) is 26.4. The number of carboxylic acid groups (broad SMARTS) is 1. The summed E-state index contributed by atoms with van der Waals surface area (Å²) in [5, 5.41) is 13.3. The number of hydrogen-bond acceptors (Lipinski definition) is 5. The highest BCUT2D eigenvalue weighted by Crippen LogP contribution is 2.31. The van der Waals surface area contributed by atoms with Crippen molar-refractivity contribution in [3.63, 3.8) is 0 Å². The number of aromatic nitrogens is 1. The molecule has 40 heavy (non-hydrogen) atoms. The van der Waals surface area contributed by atoms with Crippen LogP contribution in [0.3, 0.4) is 0 Å². The number of nitrogens with one attached hydrogen (secondary N) is 1. The molecule has 0 aliphatic rings. The maximum atomic E-state index is 13.1. The summed E-state index contributed by atoms with van der Waals surface area (Å²) < 4.78 is 12.2. The van der Waals surface area contributed by atoms with Gasteiger partial charge in [0, 0.05) is 18.0 Å². The first-order chi connectivity index (χ1) is 19.6. The van der Waals surface area contributed by atoms with Crippen molar-refractivity contribution in [1.82, 2.24) is 10.3 Å². The SMILES string of the molecule is O=C(N[C@H](Cc1ccc(OCc2ccccc2)c(OCc2ccccc2)c1)C(=O)O)c1ccnc2ccccc12. The van der Waals surface area contributed by atoms with Crippen molar-refractivity contribution >= 4 is 22.8 Å². The van der Waals surface area contributed by atoms with Crippen molar-refractivity contribution in [3.8, 4) is 11.5 Å². The van der Waals surface area contributed by atoms with Crippen molar-refractivity contribution in [2.45, 2.75) is 25.7 Å². The number of carboxylic acids is 1. The van der Waals surface area contributed by atoms with Gasteiger partial charge in [-0.15, -0.1) is 0 Å². The van der Waals surface area contributed by atoms with Crippen molar-refractivity contribution in [1.29, 1.82) is 0 Å². The van der Waals surface area contributed by atoms with E-state index in [2.05, 4.69) is 10.3 Å². The first-order valence-corrected chi connectivity index (χ1v) is 12.9. The number of pyridine rings is 1. The van der Waals surface area contributed by atoms with Crippen LogP contribution in [0.25, 0.3) is 10.9 Å². The maximum absolute atomic E-state index is 13.1. The Hall–Kier alpha value is -5.17. The average Bonchev–Trinajstić information content (AvgIpc) is 2.99. The van der Waals surface area contributed by atoms with E-state index in [0.29, 0.717) is 46.7 Å². The van der Waals surface area contributed by atoms with Gasteiger partial charge in [-0.2, -0.15) is 0 Å². The molecule has 0 bridgehead atoms. The van der Waals surface area contributed by atoms with Crippen LogP contribution >= 0.6 is 0 Å². The smallest absolute Gasteiger partial charge is 0.326 e. The molecule has 1 heterocycles. The van der Waals surface area contributed by atoms with Crippen molar-refractivity contribution in [2.24, 2.45) is 0 Å². The van der Waals surface area contributed by atoms with Gasteiger partial charge in [0.15, 0.2) is 11.5 Å². The fourth-order valence-corrected chi connectivity index (χ4v) is 4.35. The molecule has 0 saturated carbocycles. The first-order valence-electron chi connectivity index (χ1n) is 12.9. The van der Waals surface area contributed by atoms with Crippen LogP contribution in [-0.2, 0) is 24.4 Å². The van der Waals surface area contributed by atoms with Gasteiger partial charge in [0.25, 0.3) is 5.91 Å². The zero-order chi connectivity index (χ0) is 27.7. The molecular formula is C33H28N2O5. The summed E-state index contributed by atoms with van der Waals surface area (Å²) in [4.78, 5) is 29.6. The molecule has 1 amide bonds. The van der Waals surface area contributed by atoms with E-state index in [1.165, 1.54) is 6.20 Å². The van der Waals surface area contributed by atoms with Gasteiger partial charge in [-0.05, 0) is 41.0 Å². The minimum absolute atomic E-state index is 0.0603. The number of nitrogens with zero attached hydrogens (tertiary/aromatic N) is 1. The second kappa shape index (κ2) is 12.6. The molecule has 5 aromatic rings. The molecule has 0 unspecified atom stereocenters. The van der Waals surface area contributed by atoms with Crippen LogP contribution in [0, 0.1) is 0 Å². The molecule has 200 valence electrons. The average molecular weight is 533 g/mol. The van der Waals surface area contributed by atoms with Crippen LogP contribution in [0.2, 0.25) is 0 Å². The quantitative estimate of drug-likeness (QED) is 0.223. The lowest BCUT2D eigenvalue weighted by Crippen LogP contribution is -2.42. The van der Waals surface area contributed by atoms with E-state index in [4.69, 9.17) is 9.47 Å². The summed E-state index contributed by atoms with van der Waals surface area (Å²) in [6.07, 6.45) is 1.60. The van der Waals surface area contributed by atoms with Gasteiger partial charge in [-0.1, -0.05) is 84.9 Å². The largest absolute Gasteiger partial charge is 0.485 e. The molecule has 4 aromatic carbocycles. The molecule has 0 aliphatic heterocycles. The van der Waals surface area contributed by atoms with Crippen LogP contribution in [0.1, 0.15) is 27.0 Å². The summed E-state index contributed by atoms with van der Waals surface area (Å²) in [6.45, 7) is 0.676. The van der Waals surface area contributed by atoms with Crippen LogP contribution in [0.4, 0.5) is 0 Å². The highest BCUT2D eigenvalue weighted by Gasteiger charge is 2.23. The summed E-state index contributed by atoms with van der Waals surface area (Å²) in [5.74, 6) is -0.576. The summed E-state index contributed by atoms with van der Waals surface area (Å²) in [5.41, 5.74) is 3.71. The Morgan fingerprint density at radius 2 is 1.35 bits per heavy atom. The Bertz CT molecular complexity index is 1600. The standard InChI is InChI=1S/C33H28N2O5/c36-32(27-17-18-34-28-14-8-7-13-26(27)28)35-29(33(37)38)19-25-15-16-30(39-21-23-9-3-1-4-10-23)31(20-25)40-22-24-11-5-2-6-12-24/h1-18,20,29H,19,21-22H2,(H,35,36)(H,37,38)/t29-/m1/s1. The third-order valence-corrected chi connectivity index (χ3v) is 6.42. The second-order valence-electron chi connectivity index (χ2n) is 9.27. The number of carbonyl (C=O) groups excluding carboxylic acids is 1. The van der Waals surface area contributed by atoms with E-state index in [1.54, 1.807) is 36.4 Å². The van der Waals surface area contributed by atoms with Gasteiger partial charge in [0.2, 0.25) is 0 Å². The number of para-hydroxylation sites is 1. The van der Waals surface area contributed by atoms with Gasteiger partial charge in [-0.25, -0.2) is 4.79 Å². The molecule has 0 aliphatic carbocycles. The van der Waals surface area contributed by atoms with Crippen molar-refractivity contribution in [3.05, 3.63) is 138 Å². The summed E-state index contributed by atoms with van der Waals surface area (Å²) >= 11 is 0. The molecule has 7 heteroatoms. The van der Waals surface area contributed by atoms with Crippen molar-refractivity contribution in [2.75, 3.05) is 0 Å². The lowest BCUT2D eigenvalue weighted by Gasteiger charge is -2.18. The maximum Gasteiger partial charge on any atom is 0.326 e. The lowest BCUT2D eigenvalue weighted by molar-refractivity contribution is -0.139. The number of hydrogen-bond donors (Lipinski definition) is 2. The molecule has 2 N–H and O–H groups in total. The minimum atomic E-state index is -1.16. The number of carbonyl (C=O) groups is 2. The molecular weight excluding hydrogens is 504 g/mol. The number of rotatable bonds is 11. The molecule has 0 saturated heterocycles. The topological polar surface area (TPSA) is 97.8 Å².